The van der Waals surface area contributed by atoms with Crippen LogP contribution in [0, 0.1) is 0 Å². The number of amides is 1. The number of carbonyl (C=O) groups excluding carboxylic acids is 1. The highest BCUT2D eigenvalue weighted by Crippen LogP contribution is 2.22. The molecule has 0 bridgehead atoms. The van der Waals surface area contributed by atoms with Crippen molar-refractivity contribution in [2.24, 2.45) is 0 Å². The second kappa shape index (κ2) is 5.22. The molecule has 3 heterocycles. The van der Waals surface area contributed by atoms with Crippen LogP contribution in [0.4, 0.5) is 0 Å². The molecule has 0 radical (unpaired) electrons. The Kier molecular flexibility index (Phi) is 3.07. The molecular formula is C16H15N5O. The fourth-order valence-corrected chi connectivity index (χ4v) is 2.91. The highest BCUT2D eigenvalue weighted by molar-refractivity contribution is 5.98. The molecular weight excluding hydrogens is 278 g/mol. The molecule has 1 aliphatic heterocycles. The Labute approximate surface area is 127 Å². The summed E-state index contributed by atoms with van der Waals surface area (Å²) in [5, 5.41) is 0. The molecule has 0 spiro atoms. The Morgan fingerprint density at radius 3 is 2.95 bits per heavy atom. The summed E-state index contributed by atoms with van der Waals surface area (Å²) in [7, 11) is 0. The van der Waals surface area contributed by atoms with Gasteiger partial charge in [0.1, 0.15) is 11.8 Å². The van der Waals surface area contributed by atoms with Gasteiger partial charge in [-0.25, -0.2) is 15.0 Å². The molecule has 110 valence electrons. The normalized spacial score (nSPS) is 13.8. The van der Waals surface area contributed by atoms with Crippen molar-refractivity contribution in [2.45, 2.75) is 19.5 Å². The molecule has 1 amide bonds. The van der Waals surface area contributed by atoms with E-state index in [-0.39, 0.29) is 5.91 Å². The lowest BCUT2D eigenvalue weighted by molar-refractivity contribution is 0.0775. The van der Waals surface area contributed by atoms with Crippen LogP contribution in [0.2, 0.25) is 0 Å². The number of benzene rings is 1. The Hall–Kier alpha value is -2.76. The average molecular weight is 293 g/mol. The molecule has 0 saturated heterocycles. The van der Waals surface area contributed by atoms with Crippen molar-refractivity contribution in [1.82, 2.24) is 24.4 Å². The monoisotopic (exact) mass is 293 g/mol. The van der Waals surface area contributed by atoms with Crippen LogP contribution >= 0.6 is 0 Å². The lowest BCUT2D eigenvalue weighted by Gasteiger charge is -2.15. The molecule has 0 aliphatic carbocycles. The van der Waals surface area contributed by atoms with Gasteiger partial charge in [0.05, 0.1) is 12.5 Å². The van der Waals surface area contributed by atoms with Gasteiger partial charge in [-0.2, -0.15) is 0 Å². The van der Waals surface area contributed by atoms with Crippen molar-refractivity contribution >= 4 is 17.1 Å². The number of rotatable bonds is 4. The first-order valence-electron chi connectivity index (χ1n) is 7.31. The van der Waals surface area contributed by atoms with Gasteiger partial charge in [-0.15, -0.1) is 0 Å². The lowest BCUT2D eigenvalue weighted by atomic mass is 10.1. The van der Waals surface area contributed by atoms with Crippen LogP contribution < -0.4 is 0 Å². The molecule has 2 aromatic heterocycles. The number of aromatic nitrogens is 4. The van der Waals surface area contributed by atoms with E-state index < -0.39 is 0 Å². The van der Waals surface area contributed by atoms with Crippen molar-refractivity contribution in [3.8, 4) is 0 Å². The van der Waals surface area contributed by atoms with E-state index in [1.54, 1.807) is 12.5 Å². The second-order valence-electron chi connectivity index (χ2n) is 5.41. The number of aryl methyl sites for hydroxylation is 1. The largest absolute Gasteiger partial charge is 0.334 e. The Morgan fingerprint density at radius 2 is 2.05 bits per heavy atom. The molecule has 6 heteroatoms. The maximum absolute atomic E-state index is 12.3. The lowest BCUT2D eigenvalue weighted by Crippen LogP contribution is -2.25. The zero-order valence-corrected chi connectivity index (χ0v) is 12.0. The quantitative estimate of drug-likeness (QED) is 0.736. The van der Waals surface area contributed by atoms with E-state index in [0.717, 1.165) is 36.2 Å². The van der Waals surface area contributed by atoms with Crippen LogP contribution in [0.25, 0.3) is 11.2 Å². The van der Waals surface area contributed by atoms with Gasteiger partial charge in [-0.1, -0.05) is 18.2 Å². The smallest absolute Gasteiger partial charge is 0.254 e. The van der Waals surface area contributed by atoms with Gasteiger partial charge >= 0.3 is 0 Å². The molecule has 1 aromatic carbocycles. The van der Waals surface area contributed by atoms with Crippen molar-refractivity contribution in [3.05, 3.63) is 54.2 Å². The van der Waals surface area contributed by atoms with Gasteiger partial charge in [-0.05, 0) is 18.1 Å². The topological polar surface area (TPSA) is 63.9 Å². The minimum Gasteiger partial charge on any atom is -0.334 e. The molecule has 6 nitrogen and oxygen atoms in total. The molecule has 22 heavy (non-hydrogen) atoms. The van der Waals surface area contributed by atoms with Crippen LogP contribution in [-0.4, -0.2) is 36.9 Å². The van der Waals surface area contributed by atoms with E-state index in [9.17, 15) is 4.79 Å². The fourth-order valence-electron chi connectivity index (χ4n) is 2.91. The van der Waals surface area contributed by atoms with Crippen LogP contribution in [0.15, 0.2) is 43.1 Å². The fraction of sp³-hybridized carbons (Fsp3) is 0.250. The van der Waals surface area contributed by atoms with Crippen LogP contribution in [0.5, 0.6) is 0 Å². The third-order valence-corrected chi connectivity index (χ3v) is 4.02. The van der Waals surface area contributed by atoms with Gasteiger partial charge in [-0.3, -0.25) is 4.79 Å². The number of hydrogen-bond donors (Lipinski definition) is 0. The highest BCUT2D eigenvalue weighted by Gasteiger charge is 2.25. The SMILES string of the molecule is O=C1c2ccccc2CN1CCCn1cnc2ncncc21. The number of hydrogen-bond acceptors (Lipinski definition) is 4. The van der Waals surface area contributed by atoms with Gasteiger partial charge in [0, 0.05) is 25.2 Å². The number of fused-ring (bicyclic) bond motifs is 2. The number of imidazole rings is 1. The van der Waals surface area contributed by atoms with E-state index in [1.807, 2.05) is 33.7 Å². The Balaban J connectivity index is 1.41. The van der Waals surface area contributed by atoms with Crippen LogP contribution in [0.3, 0.4) is 0 Å². The average Bonchev–Trinajstić information content (AvgIpc) is 3.10. The van der Waals surface area contributed by atoms with Gasteiger partial charge in [0.2, 0.25) is 0 Å². The van der Waals surface area contributed by atoms with Crippen molar-refractivity contribution in [1.29, 1.82) is 0 Å². The summed E-state index contributed by atoms with van der Waals surface area (Å²) in [6.45, 7) is 2.24. The molecule has 1 aliphatic rings. The third-order valence-electron chi connectivity index (χ3n) is 4.02. The van der Waals surface area contributed by atoms with E-state index in [0.29, 0.717) is 12.2 Å². The summed E-state index contributed by atoms with van der Waals surface area (Å²) in [6, 6.07) is 7.82. The highest BCUT2D eigenvalue weighted by atomic mass is 16.2. The van der Waals surface area contributed by atoms with Crippen LogP contribution in [0.1, 0.15) is 22.3 Å². The second-order valence-corrected chi connectivity index (χ2v) is 5.41. The first-order valence-corrected chi connectivity index (χ1v) is 7.31. The third kappa shape index (κ3) is 2.13. The maximum Gasteiger partial charge on any atom is 0.254 e. The predicted octanol–water partition coefficient (Wildman–Crippen LogP) is 1.87. The Morgan fingerprint density at radius 1 is 1.14 bits per heavy atom. The minimum absolute atomic E-state index is 0.134. The summed E-state index contributed by atoms with van der Waals surface area (Å²) >= 11 is 0. The van der Waals surface area contributed by atoms with Gasteiger partial charge < -0.3 is 9.47 Å². The zero-order valence-electron chi connectivity index (χ0n) is 12.0. The zero-order chi connectivity index (χ0) is 14.9. The summed E-state index contributed by atoms with van der Waals surface area (Å²) in [5.41, 5.74) is 3.59. The summed E-state index contributed by atoms with van der Waals surface area (Å²) in [4.78, 5) is 26.6. The standard InChI is InChI=1S/C16H15N5O/c22-16-13-5-2-1-4-12(13)9-20(16)6-3-7-21-11-19-15-14(21)8-17-10-18-15/h1-2,4-5,8,10-11H,3,6-7,9H2. The summed E-state index contributed by atoms with van der Waals surface area (Å²) in [5.74, 6) is 0.134. The molecule has 3 aromatic rings. The summed E-state index contributed by atoms with van der Waals surface area (Å²) in [6.07, 6.45) is 5.92. The van der Waals surface area contributed by atoms with Gasteiger partial charge in [0.25, 0.3) is 5.91 Å². The molecule has 4 rings (SSSR count). The maximum atomic E-state index is 12.3. The molecule has 0 N–H and O–H groups in total. The molecule has 0 fully saturated rings. The van der Waals surface area contributed by atoms with E-state index in [4.69, 9.17) is 0 Å². The number of carbonyl (C=O) groups is 1. The predicted molar refractivity (Wildman–Crippen MR) is 81.1 cm³/mol. The van der Waals surface area contributed by atoms with E-state index in [1.165, 1.54) is 6.33 Å². The number of nitrogens with zero attached hydrogens (tertiary/aromatic N) is 5. The van der Waals surface area contributed by atoms with E-state index >= 15 is 0 Å². The van der Waals surface area contributed by atoms with Crippen LogP contribution in [-0.2, 0) is 13.1 Å². The summed E-state index contributed by atoms with van der Waals surface area (Å²) < 4.78 is 2.03. The van der Waals surface area contributed by atoms with E-state index in [2.05, 4.69) is 15.0 Å². The molecule has 0 unspecified atom stereocenters. The van der Waals surface area contributed by atoms with Crippen molar-refractivity contribution in [3.63, 3.8) is 0 Å². The van der Waals surface area contributed by atoms with Crippen molar-refractivity contribution < 1.29 is 4.79 Å². The molecule has 0 saturated carbocycles. The minimum atomic E-state index is 0.134. The first-order chi connectivity index (χ1) is 10.8. The molecule has 0 atom stereocenters. The van der Waals surface area contributed by atoms with Crippen molar-refractivity contribution in [2.75, 3.05) is 6.54 Å². The van der Waals surface area contributed by atoms with Gasteiger partial charge in [0.15, 0.2) is 5.65 Å². The Bertz CT molecular complexity index is 841. The first kappa shape index (κ1) is 12.9.